The number of anilines is 1. The van der Waals surface area contributed by atoms with Gasteiger partial charge in [0, 0.05) is 23.4 Å². The Morgan fingerprint density at radius 1 is 1.77 bits per heavy atom. The number of nitrogens with zero attached hydrogens (tertiary/aromatic N) is 1. The molecule has 1 aromatic rings. The molecule has 2 nitrogen and oxygen atoms in total. The van der Waals surface area contributed by atoms with Crippen LogP contribution in [0.25, 0.3) is 0 Å². The first-order chi connectivity index (χ1) is 6.33. The van der Waals surface area contributed by atoms with E-state index in [-0.39, 0.29) is 0 Å². The predicted octanol–water partition coefficient (Wildman–Crippen LogP) is 3.24. The molecule has 5 heteroatoms. The second-order valence-corrected chi connectivity index (χ2v) is 5.09. The standard InChI is InChI=1S/C8H11BrN2S2/c1-2-4-12-5-3-10-8-11-7(9)6-13-8/h2,6H,1,3-5H2,(H,10,11). The molecule has 0 amide bonds. The highest BCUT2D eigenvalue weighted by Crippen LogP contribution is 2.19. The van der Waals surface area contributed by atoms with Crippen LogP contribution in [-0.2, 0) is 0 Å². The molecule has 0 unspecified atom stereocenters. The summed E-state index contributed by atoms with van der Waals surface area (Å²) < 4.78 is 0.902. The monoisotopic (exact) mass is 278 g/mol. The number of hydrogen-bond acceptors (Lipinski definition) is 4. The fourth-order valence-corrected chi connectivity index (χ4v) is 2.48. The van der Waals surface area contributed by atoms with Gasteiger partial charge in [-0.25, -0.2) is 4.98 Å². The van der Waals surface area contributed by atoms with Crippen LogP contribution in [0.2, 0.25) is 0 Å². The van der Waals surface area contributed by atoms with Gasteiger partial charge in [0.05, 0.1) is 0 Å². The molecule has 1 aromatic heterocycles. The Kier molecular flexibility index (Phi) is 5.50. The number of rotatable bonds is 6. The summed E-state index contributed by atoms with van der Waals surface area (Å²) in [5.41, 5.74) is 0. The average Bonchev–Trinajstić information content (AvgIpc) is 2.51. The molecular formula is C8H11BrN2S2. The van der Waals surface area contributed by atoms with E-state index in [0.29, 0.717) is 0 Å². The maximum atomic E-state index is 4.22. The van der Waals surface area contributed by atoms with Crippen molar-refractivity contribution in [1.29, 1.82) is 0 Å². The van der Waals surface area contributed by atoms with Crippen molar-refractivity contribution < 1.29 is 0 Å². The maximum Gasteiger partial charge on any atom is 0.183 e. The van der Waals surface area contributed by atoms with Gasteiger partial charge in [-0.05, 0) is 15.9 Å². The third kappa shape index (κ3) is 4.69. The van der Waals surface area contributed by atoms with Crippen LogP contribution in [-0.4, -0.2) is 23.0 Å². The van der Waals surface area contributed by atoms with E-state index in [0.717, 1.165) is 27.8 Å². The van der Waals surface area contributed by atoms with Gasteiger partial charge in [-0.2, -0.15) is 11.8 Å². The molecule has 0 radical (unpaired) electrons. The zero-order valence-electron chi connectivity index (χ0n) is 7.12. The molecule has 0 aliphatic rings. The van der Waals surface area contributed by atoms with E-state index in [1.54, 1.807) is 11.3 Å². The molecule has 1 N–H and O–H groups in total. The van der Waals surface area contributed by atoms with Gasteiger partial charge in [-0.1, -0.05) is 6.08 Å². The highest BCUT2D eigenvalue weighted by molar-refractivity contribution is 9.10. The number of thiazole rings is 1. The lowest BCUT2D eigenvalue weighted by Crippen LogP contribution is -2.03. The van der Waals surface area contributed by atoms with Crippen molar-refractivity contribution in [3.8, 4) is 0 Å². The average molecular weight is 279 g/mol. The lowest BCUT2D eigenvalue weighted by Gasteiger charge is -2.00. The van der Waals surface area contributed by atoms with E-state index < -0.39 is 0 Å². The molecule has 72 valence electrons. The predicted molar refractivity (Wildman–Crippen MR) is 65.8 cm³/mol. The van der Waals surface area contributed by atoms with Gasteiger partial charge >= 0.3 is 0 Å². The van der Waals surface area contributed by atoms with Crippen LogP contribution < -0.4 is 5.32 Å². The maximum absolute atomic E-state index is 4.22. The summed E-state index contributed by atoms with van der Waals surface area (Å²) in [6.45, 7) is 4.62. The van der Waals surface area contributed by atoms with Gasteiger partial charge in [0.15, 0.2) is 5.13 Å². The van der Waals surface area contributed by atoms with Crippen molar-refractivity contribution in [2.75, 3.05) is 23.4 Å². The van der Waals surface area contributed by atoms with Gasteiger partial charge in [0.2, 0.25) is 0 Å². The Morgan fingerprint density at radius 3 is 3.23 bits per heavy atom. The first-order valence-electron chi connectivity index (χ1n) is 3.86. The molecular weight excluding hydrogens is 268 g/mol. The van der Waals surface area contributed by atoms with Crippen LogP contribution in [0.4, 0.5) is 5.13 Å². The second kappa shape index (κ2) is 6.45. The number of aromatic nitrogens is 1. The van der Waals surface area contributed by atoms with E-state index in [1.807, 2.05) is 23.2 Å². The molecule has 0 saturated carbocycles. The minimum atomic E-state index is 0.902. The lowest BCUT2D eigenvalue weighted by atomic mass is 10.7. The van der Waals surface area contributed by atoms with E-state index >= 15 is 0 Å². The third-order valence-electron chi connectivity index (χ3n) is 1.23. The van der Waals surface area contributed by atoms with Crippen molar-refractivity contribution in [2.45, 2.75) is 0 Å². The van der Waals surface area contributed by atoms with Gasteiger partial charge in [-0.3, -0.25) is 0 Å². The molecule has 0 aliphatic carbocycles. The Hall–Kier alpha value is -0.0000000000000000833. The van der Waals surface area contributed by atoms with Gasteiger partial charge in [0.25, 0.3) is 0 Å². The van der Waals surface area contributed by atoms with Crippen LogP contribution >= 0.6 is 39.0 Å². The summed E-state index contributed by atoms with van der Waals surface area (Å²) in [6.07, 6.45) is 1.92. The van der Waals surface area contributed by atoms with Gasteiger partial charge in [0.1, 0.15) is 4.60 Å². The van der Waals surface area contributed by atoms with E-state index in [9.17, 15) is 0 Å². The summed E-state index contributed by atoms with van der Waals surface area (Å²) in [6, 6.07) is 0. The van der Waals surface area contributed by atoms with Crippen LogP contribution in [0.5, 0.6) is 0 Å². The zero-order valence-corrected chi connectivity index (χ0v) is 10.3. The number of hydrogen-bond donors (Lipinski definition) is 1. The Labute approximate surface area is 95.0 Å². The largest absolute Gasteiger partial charge is 0.361 e. The molecule has 1 rings (SSSR count). The summed E-state index contributed by atoms with van der Waals surface area (Å²) in [7, 11) is 0. The molecule has 1 heterocycles. The lowest BCUT2D eigenvalue weighted by molar-refractivity contribution is 1.19. The fraction of sp³-hybridized carbons (Fsp3) is 0.375. The first-order valence-corrected chi connectivity index (χ1v) is 6.69. The highest BCUT2D eigenvalue weighted by Gasteiger charge is 1.96. The number of halogens is 1. The Morgan fingerprint density at radius 2 is 2.62 bits per heavy atom. The fourth-order valence-electron chi connectivity index (χ4n) is 0.732. The van der Waals surface area contributed by atoms with Crippen LogP contribution in [0.15, 0.2) is 22.6 Å². The molecule has 0 fully saturated rings. The van der Waals surface area contributed by atoms with E-state index in [4.69, 9.17) is 0 Å². The molecule has 0 spiro atoms. The van der Waals surface area contributed by atoms with Gasteiger partial charge < -0.3 is 5.32 Å². The molecule has 0 saturated heterocycles. The number of thioether (sulfide) groups is 1. The normalized spacial score (nSPS) is 9.92. The minimum Gasteiger partial charge on any atom is -0.361 e. The topological polar surface area (TPSA) is 24.9 Å². The SMILES string of the molecule is C=CCSCCNc1nc(Br)cs1. The Bertz CT molecular complexity index is 262. The molecule has 0 atom stereocenters. The quantitative estimate of drug-likeness (QED) is 0.639. The van der Waals surface area contributed by atoms with Crippen molar-refractivity contribution in [3.05, 3.63) is 22.6 Å². The minimum absolute atomic E-state index is 0.902. The second-order valence-electron chi connectivity index (χ2n) is 2.27. The van der Waals surface area contributed by atoms with E-state index in [1.165, 1.54) is 0 Å². The van der Waals surface area contributed by atoms with Crippen molar-refractivity contribution >= 4 is 44.2 Å². The number of nitrogens with one attached hydrogen (secondary N) is 1. The van der Waals surface area contributed by atoms with Crippen LogP contribution in [0.1, 0.15) is 0 Å². The summed E-state index contributed by atoms with van der Waals surface area (Å²) in [4.78, 5) is 4.22. The molecule has 13 heavy (non-hydrogen) atoms. The van der Waals surface area contributed by atoms with Crippen molar-refractivity contribution in [2.24, 2.45) is 0 Å². The van der Waals surface area contributed by atoms with Crippen LogP contribution in [0.3, 0.4) is 0 Å². The van der Waals surface area contributed by atoms with Crippen molar-refractivity contribution in [1.82, 2.24) is 4.98 Å². The molecule has 0 aromatic carbocycles. The van der Waals surface area contributed by atoms with Crippen LogP contribution in [0, 0.1) is 0 Å². The zero-order chi connectivity index (χ0) is 9.52. The summed E-state index contributed by atoms with van der Waals surface area (Å²) >= 11 is 6.79. The molecule has 0 aliphatic heterocycles. The summed E-state index contributed by atoms with van der Waals surface area (Å²) in [5.74, 6) is 2.10. The summed E-state index contributed by atoms with van der Waals surface area (Å²) in [5, 5.41) is 6.20. The highest BCUT2D eigenvalue weighted by atomic mass is 79.9. The van der Waals surface area contributed by atoms with E-state index in [2.05, 4.69) is 32.8 Å². The first kappa shape index (κ1) is 11.1. The third-order valence-corrected chi connectivity index (χ3v) is 3.71. The van der Waals surface area contributed by atoms with Crippen molar-refractivity contribution in [3.63, 3.8) is 0 Å². The smallest absolute Gasteiger partial charge is 0.183 e. The molecule has 0 bridgehead atoms. The Balaban J connectivity index is 2.09. The van der Waals surface area contributed by atoms with Gasteiger partial charge in [-0.15, -0.1) is 17.9 Å².